The van der Waals surface area contributed by atoms with E-state index in [1.54, 1.807) is 7.05 Å². The molecule has 1 spiro atoms. The zero-order chi connectivity index (χ0) is 8.66. The van der Waals surface area contributed by atoms with Crippen LogP contribution in [0.3, 0.4) is 0 Å². The molecule has 4 heteroatoms. The van der Waals surface area contributed by atoms with Gasteiger partial charge in [-0.05, 0) is 12.8 Å². The highest BCUT2D eigenvalue weighted by atomic mass is 32.2. The Morgan fingerprint density at radius 2 is 1.92 bits per heavy atom. The molecular formula is C8H15NO2S. The predicted molar refractivity (Wildman–Crippen MR) is 48.7 cm³/mol. The molecule has 0 saturated carbocycles. The van der Waals surface area contributed by atoms with E-state index in [1.165, 1.54) is 0 Å². The van der Waals surface area contributed by atoms with Crippen LogP contribution in [0.1, 0.15) is 12.8 Å². The third-order valence-electron chi connectivity index (χ3n) is 3.05. The molecule has 0 unspecified atom stereocenters. The molecule has 2 saturated heterocycles. The van der Waals surface area contributed by atoms with Crippen molar-refractivity contribution >= 4 is 9.73 Å². The second kappa shape index (κ2) is 2.70. The average molecular weight is 189 g/mol. The standard InChI is InChI=1S/C8H15NO2S/c1-9-12(10)4-2-8(3-5-12)6-11-7-8/h2-7H2,1H3. The zero-order valence-corrected chi connectivity index (χ0v) is 8.23. The third kappa shape index (κ3) is 1.27. The molecule has 70 valence electrons. The maximum atomic E-state index is 11.8. The SMILES string of the molecule is CN=S1(=O)CCC2(CC1)COC2. The lowest BCUT2D eigenvalue weighted by Gasteiger charge is -2.44. The van der Waals surface area contributed by atoms with Crippen LogP contribution in [0.5, 0.6) is 0 Å². The number of hydrogen-bond acceptors (Lipinski definition) is 3. The minimum Gasteiger partial charge on any atom is -0.380 e. The molecule has 0 bridgehead atoms. The summed E-state index contributed by atoms with van der Waals surface area (Å²) in [5.74, 6) is 1.57. The van der Waals surface area contributed by atoms with E-state index >= 15 is 0 Å². The molecule has 0 aromatic carbocycles. The summed E-state index contributed by atoms with van der Waals surface area (Å²) in [6, 6.07) is 0. The Bertz CT molecular complexity index is 271. The molecule has 0 N–H and O–H groups in total. The number of hydrogen-bond donors (Lipinski definition) is 0. The Hall–Kier alpha value is -0.0900. The van der Waals surface area contributed by atoms with Crippen molar-refractivity contribution in [1.82, 2.24) is 0 Å². The summed E-state index contributed by atoms with van der Waals surface area (Å²) in [5.41, 5.74) is 0.394. The summed E-state index contributed by atoms with van der Waals surface area (Å²) in [6.45, 7) is 1.76. The molecule has 2 rings (SSSR count). The topological polar surface area (TPSA) is 38.7 Å². The van der Waals surface area contributed by atoms with Gasteiger partial charge in [0.2, 0.25) is 0 Å². The van der Waals surface area contributed by atoms with Gasteiger partial charge in [0, 0.05) is 33.7 Å². The summed E-state index contributed by atoms with van der Waals surface area (Å²) < 4.78 is 21.0. The van der Waals surface area contributed by atoms with Gasteiger partial charge in [0.15, 0.2) is 0 Å². The molecule has 2 fully saturated rings. The minimum absolute atomic E-state index is 0.394. The monoisotopic (exact) mass is 189 g/mol. The van der Waals surface area contributed by atoms with E-state index in [9.17, 15) is 4.21 Å². The van der Waals surface area contributed by atoms with E-state index in [0.29, 0.717) is 5.41 Å². The molecule has 0 radical (unpaired) electrons. The van der Waals surface area contributed by atoms with E-state index in [0.717, 1.165) is 37.6 Å². The van der Waals surface area contributed by atoms with Crippen LogP contribution in [0, 0.1) is 5.41 Å². The molecule has 12 heavy (non-hydrogen) atoms. The first-order valence-electron chi connectivity index (χ1n) is 4.37. The summed E-state index contributed by atoms with van der Waals surface area (Å²) in [6.07, 6.45) is 2.09. The van der Waals surface area contributed by atoms with Crippen LogP contribution in [0.25, 0.3) is 0 Å². The van der Waals surface area contributed by atoms with Crippen LogP contribution >= 0.6 is 0 Å². The van der Waals surface area contributed by atoms with Gasteiger partial charge < -0.3 is 4.74 Å². The summed E-state index contributed by atoms with van der Waals surface area (Å²) in [4.78, 5) is 0. The van der Waals surface area contributed by atoms with Crippen LogP contribution in [0.15, 0.2) is 4.36 Å². The minimum atomic E-state index is -1.81. The first kappa shape index (κ1) is 8.51. The van der Waals surface area contributed by atoms with Crippen LogP contribution in [-0.2, 0) is 14.5 Å². The lowest BCUT2D eigenvalue weighted by atomic mass is 9.80. The Balaban J connectivity index is 2.06. The maximum absolute atomic E-state index is 11.8. The fourth-order valence-electron chi connectivity index (χ4n) is 1.84. The van der Waals surface area contributed by atoms with Gasteiger partial charge in [-0.2, -0.15) is 0 Å². The molecule has 2 aliphatic rings. The van der Waals surface area contributed by atoms with Crippen LogP contribution in [-0.4, -0.2) is 36.0 Å². The van der Waals surface area contributed by atoms with Crippen LogP contribution < -0.4 is 0 Å². The van der Waals surface area contributed by atoms with Gasteiger partial charge in [0.05, 0.1) is 13.2 Å². The first-order chi connectivity index (χ1) is 5.68. The van der Waals surface area contributed by atoms with Gasteiger partial charge in [-0.25, -0.2) is 8.57 Å². The second-order valence-corrected chi connectivity index (χ2v) is 6.58. The molecule has 0 atom stereocenters. The van der Waals surface area contributed by atoms with Gasteiger partial charge in [-0.15, -0.1) is 0 Å². The Kier molecular flexibility index (Phi) is 1.92. The molecule has 0 aromatic rings. The van der Waals surface area contributed by atoms with Crippen molar-refractivity contribution < 1.29 is 8.95 Å². The van der Waals surface area contributed by atoms with Crippen molar-refractivity contribution in [2.75, 3.05) is 31.8 Å². The van der Waals surface area contributed by atoms with E-state index in [1.807, 2.05) is 0 Å². The molecule has 0 amide bonds. The van der Waals surface area contributed by atoms with Gasteiger partial charge in [0.1, 0.15) is 0 Å². The zero-order valence-electron chi connectivity index (χ0n) is 7.41. The molecule has 0 aliphatic carbocycles. The number of nitrogens with zero attached hydrogens (tertiary/aromatic N) is 1. The maximum Gasteiger partial charge on any atom is 0.0545 e. The second-order valence-electron chi connectivity index (χ2n) is 3.86. The van der Waals surface area contributed by atoms with E-state index in [4.69, 9.17) is 4.74 Å². The average Bonchev–Trinajstić information content (AvgIpc) is 2.04. The fraction of sp³-hybridized carbons (Fsp3) is 1.00. The van der Waals surface area contributed by atoms with Crippen molar-refractivity contribution in [1.29, 1.82) is 0 Å². The summed E-state index contributed by atoms with van der Waals surface area (Å²) in [5, 5.41) is 0. The van der Waals surface area contributed by atoms with E-state index in [-0.39, 0.29) is 0 Å². The lowest BCUT2D eigenvalue weighted by Crippen LogP contribution is -2.47. The van der Waals surface area contributed by atoms with Crippen molar-refractivity contribution in [3.05, 3.63) is 0 Å². The Labute approximate surface area is 73.7 Å². The third-order valence-corrected chi connectivity index (χ3v) is 5.40. The highest BCUT2D eigenvalue weighted by molar-refractivity contribution is 7.93. The molecule has 2 aliphatic heterocycles. The van der Waals surface area contributed by atoms with E-state index in [2.05, 4.69) is 4.36 Å². The molecule has 2 heterocycles. The predicted octanol–water partition coefficient (Wildman–Crippen LogP) is 0.895. The highest BCUT2D eigenvalue weighted by Gasteiger charge is 2.42. The lowest BCUT2D eigenvalue weighted by molar-refractivity contribution is -0.117. The van der Waals surface area contributed by atoms with Crippen molar-refractivity contribution in [2.24, 2.45) is 9.78 Å². The smallest absolute Gasteiger partial charge is 0.0545 e. The number of ether oxygens (including phenoxy) is 1. The summed E-state index contributed by atoms with van der Waals surface area (Å²) in [7, 11) is -0.128. The normalized spacial score (nSPS) is 31.1. The molecule has 0 aromatic heterocycles. The van der Waals surface area contributed by atoms with Crippen molar-refractivity contribution in [3.63, 3.8) is 0 Å². The van der Waals surface area contributed by atoms with Gasteiger partial charge in [-0.3, -0.25) is 0 Å². The van der Waals surface area contributed by atoms with Gasteiger partial charge in [-0.1, -0.05) is 0 Å². The van der Waals surface area contributed by atoms with E-state index < -0.39 is 9.73 Å². The van der Waals surface area contributed by atoms with Gasteiger partial charge >= 0.3 is 0 Å². The van der Waals surface area contributed by atoms with Gasteiger partial charge in [0.25, 0.3) is 0 Å². The number of rotatable bonds is 0. The first-order valence-corrected chi connectivity index (χ1v) is 6.22. The van der Waals surface area contributed by atoms with Crippen molar-refractivity contribution in [2.45, 2.75) is 12.8 Å². The van der Waals surface area contributed by atoms with Crippen LogP contribution in [0.4, 0.5) is 0 Å². The highest BCUT2D eigenvalue weighted by Crippen LogP contribution is 2.39. The van der Waals surface area contributed by atoms with Crippen molar-refractivity contribution in [3.8, 4) is 0 Å². The van der Waals surface area contributed by atoms with Crippen LogP contribution in [0.2, 0.25) is 0 Å². The molecule has 3 nitrogen and oxygen atoms in total. The molecular weight excluding hydrogens is 174 g/mol. The Morgan fingerprint density at radius 1 is 1.33 bits per heavy atom. The summed E-state index contributed by atoms with van der Waals surface area (Å²) >= 11 is 0. The Morgan fingerprint density at radius 3 is 2.25 bits per heavy atom. The quantitative estimate of drug-likeness (QED) is 0.568. The fourth-order valence-corrected chi connectivity index (χ4v) is 3.91. The largest absolute Gasteiger partial charge is 0.380 e.